The molecule has 108 valence electrons. The number of aromatic carboxylic acids is 1. The number of methoxy groups -OCH3 is 1. The van der Waals surface area contributed by atoms with E-state index in [1.165, 1.54) is 7.11 Å². The van der Waals surface area contributed by atoms with Gasteiger partial charge in [0.1, 0.15) is 11.5 Å². The van der Waals surface area contributed by atoms with Crippen LogP contribution in [0.5, 0.6) is 0 Å². The molecule has 0 aliphatic carbocycles. The van der Waals surface area contributed by atoms with E-state index in [0.717, 1.165) is 11.3 Å². The Morgan fingerprint density at radius 1 is 1.47 bits per heavy atom. The van der Waals surface area contributed by atoms with Crippen molar-refractivity contribution in [3.05, 3.63) is 15.6 Å². The van der Waals surface area contributed by atoms with Gasteiger partial charge < -0.3 is 14.6 Å². The number of ether oxygens (including phenoxy) is 2. The van der Waals surface area contributed by atoms with E-state index in [-0.39, 0.29) is 30.2 Å². The van der Waals surface area contributed by atoms with Crippen molar-refractivity contribution in [1.29, 1.82) is 0 Å². The molecule has 0 spiro atoms. The number of carboxylic acids is 1. The summed E-state index contributed by atoms with van der Waals surface area (Å²) >= 11 is 0.914. The molecule has 0 aromatic carbocycles. The quantitative estimate of drug-likeness (QED) is 0.781. The monoisotopic (exact) mass is 299 g/mol. The lowest BCUT2D eigenvalue weighted by Crippen LogP contribution is -2.17. The second-order valence-electron chi connectivity index (χ2n) is 3.54. The largest absolute Gasteiger partial charge is 0.477 e. The SMILES string of the molecule is COCc1nc(CCOCC(F)(F)F)sc1C(=O)O. The number of hydrogen-bond acceptors (Lipinski definition) is 5. The van der Waals surface area contributed by atoms with E-state index in [1.807, 2.05) is 0 Å². The summed E-state index contributed by atoms with van der Waals surface area (Å²) < 4.78 is 44.7. The van der Waals surface area contributed by atoms with E-state index in [4.69, 9.17) is 9.84 Å². The number of rotatable bonds is 7. The molecule has 0 saturated carbocycles. The molecule has 0 fully saturated rings. The van der Waals surface area contributed by atoms with Crippen molar-refractivity contribution in [3.8, 4) is 0 Å². The zero-order chi connectivity index (χ0) is 14.5. The van der Waals surface area contributed by atoms with Crippen molar-refractivity contribution in [2.24, 2.45) is 0 Å². The van der Waals surface area contributed by atoms with E-state index in [1.54, 1.807) is 0 Å². The Hall–Kier alpha value is -1.19. The van der Waals surface area contributed by atoms with Gasteiger partial charge in [0.15, 0.2) is 0 Å². The third kappa shape index (κ3) is 5.53. The number of carbonyl (C=O) groups is 1. The van der Waals surface area contributed by atoms with Gasteiger partial charge in [0.25, 0.3) is 0 Å². The molecule has 1 aromatic heterocycles. The Bertz CT molecular complexity index is 433. The number of nitrogens with zero attached hydrogens (tertiary/aromatic N) is 1. The maximum Gasteiger partial charge on any atom is 0.411 e. The molecule has 0 saturated heterocycles. The Labute approximate surface area is 111 Å². The molecule has 0 bridgehead atoms. The Balaban J connectivity index is 2.55. The fraction of sp³-hybridized carbons (Fsp3) is 0.600. The molecule has 1 N–H and O–H groups in total. The molecular formula is C10H12F3NO4S. The van der Waals surface area contributed by atoms with Gasteiger partial charge in [-0.25, -0.2) is 9.78 Å². The van der Waals surface area contributed by atoms with Crippen LogP contribution < -0.4 is 0 Å². The molecule has 0 unspecified atom stereocenters. The molecule has 1 rings (SSSR count). The first-order chi connectivity index (χ1) is 8.83. The van der Waals surface area contributed by atoms with Crippen molar-refractivity contribution in [2.75, 3.05) is 20.3 Å². The predicted molar refractivity (Wildman–Crippen MR) is 60.4 cm³/mol. The molecule has 19 heavy (non-hydrogen) atoms. The summed E-state index contributed by atoms with van der Waals surface area (Å²) in [6, 6.07) is 0. The highest BCUT2D eigenvalue weighted by Gasteiger charge is 2.27. The summed E-state index contributed by atoms with van der Waals surface area (Å²) in [5, 5.41) is 9.33. The zero-order valence-corrected chi connectivity index (χ0v) is 10.8. The molecule has 0 amide bonds. The fourth-order valence-electron chi connectivity index (χ4n) is 1.26. The molecule has 1 heterocycles. The molecule has 5 nitrogen and oxygen atoms in total. The second-order valence-corrected chi connectivity index (χ2v) is 4.62. The van der Waals surface area contributed by atoms with Crippen molar-refractivity contribution >= 4 is 17.3 Å². The van der Waals surface area contributed by atoms with Gasteiger partial charge in [-0.2, -0.15) is 13.2 Å². The highest BCUT2D eigenvalue weighted by atomic mass is 32.1. The average molecular weight is 299 g/mol. The third-order valence-electron chi connectivity index (χ3n) is 1.94. The van der Waals surface area contributed by atoms with Crippen molar-refractivity contribution in [2.45, 2.75) is 19.2 Å². The summed E-state index contributed by atoms with van der Waals surface area (Å²) in [4.78, 5) is 14.9. The van der Waals surface area contributed by atoms with Crippen molar-refractivity contribution in [1.82, 2.24) is 4.98 Å². The van der Waals surface area contributed by atoms with E-state index >= 15 is 0 Å². The minimum Gasteiger partial charge on any atom is -0.477 e. The maximum atomic E-state index is 11.8. The number of aromatic nitrogens is 1. The normalized spacial score (nSPS) is 11.8. The molecule has 0 aliphatic heterocycles. The first-order valence-electron chi connectivity index (χ1n) is 5.19. The van der Waals surface area contributed by atoms with Crippen LogP contribution in [-0.2, 0) is 22.5 Å². The summed E-state index contributed by atoms with van der Waals surface area (Å²) in [5.41, 5.74) is 0.269. The molecular weight excluding hydrogens is 287 g/mol. The first-order valence-corrected chi connectivity index (χ1v) is 6.00. The Kier molecular flexibility index (Phi) is 5.70. The van der Waals surface area contributed by atoms with Gasteiger partial charge in [-0.1, -0.05) is 0 Å². The Morgan fingerprint density at radius 2 is 2.16 bits per heavy atom. The van der Waals surface area contributed by atoms with Crippen LogP contribution in [0.3, 0.4) is 0 Å². The highest BCUT2D eigenvalue weighted by Crippen LogP contribution is 2.20. The van der Waals surface area contributed by atoms with Crippen molar-refractivity contribution < 1.29 is 32.5 Å². The number of carboxylic acid groups (broad SMARTS) is 1. The number of halogens is 3. The average Bonchev–Trinajstić information content (AvgIpc) is 2.67. The van der Waals surface area contributed by atoms with Crippen LogP contribution in [0.1, 0.15) is 20.4 Å². The first kappa shape index (κ1) is 15.9. The summed E-state index contributed by atoms with van der Waals surface area (Å²) in [6.45, 7) is -1.45. The lowest BCUT2D eigenvalue weighted by Gasteiger charge is -2.06. The summed E-state index contributed by atoms with van der Waals surface area (Å²) in [7, 11) is 1.40. The van der Waals surface area contributed by atoms with E-state index in [0.29, 0.717) is 5.01 Å². The van der Waals surface area contributed by atoms with Crippen LogP contribution in [-0.4, -0.2) is 42.6 Å². The van der Waals surface area contributed by atoms with Crippen LogP contribution >= 0.6 is 11.3 Å². The number of thiazole rings is 1. The maximum absolute atomic E-state index is 11.8. The zero-order valence-electron chi connectivity index (χ0n) is 9.99. The summed E-state index contributed by atoms with van der Waals surface area (Å²) in [6.07, 6.45) is -4.24. The van der Waals surface area contributed by atoms with Crippen molar-refractivity contribution in [3.63, 3.8) is 0 Å². The fourth-order valence-corrected chi connectivity index (χ4v) is 2.14. The highest BCUT2D eigenvalue weighted by molar-refractivity contribution is 7.13. The smallest absolute Gasteiger partial charge is 0.411 e. The molecule has 0 radical (unpaired) electrons. The summed E-state index contributed by atoms with van der Waals surface area (Å²) in [5.74, 6) is -1.13. The molecule has 1 aromatic rings. The van der Waals surface area contributed by atoms with Crippen LogP contribution in [0, 0.1) is 0 Å². The third-order valence-corrected chi connectivity index (χ3v) is 3.09. The topological polar surface area (TPSA) is 68.7 Å². The van der Waals surface area contributed by atoms with Gasteiger partial charge in [-0.15, -0.1) is 11.3 Å². The number of alkyl halides is 3. The second kappa shape index (κ2) is 6.83. The molecule has 0 aliphatic rings. The minimum absolute atomic E-state index is 0.0349. The Morgan fingerprint density at radius 3 is 2.68 bits per heavy atom. The lowest BCUT2D eigenvalue weighted by molar-refractivity contribution is -0.173. The lowest BCUT2D eigenvalue weighted by atomic mass is 10.4. The molecule has 0 atom stereocenters. The minimum atomic E-state index is -4.36. The van der Waals surface area contributed by atoms with Gasteiger partial charge >= 0.3 is 12.1 Å². The standard InChI is InChI=1S/C10H12F3NO4S/c1-17-4-6-8(9(15)16)19-7(14-6)2-3-18-5-10(11,12)13/h2-5H2,1H3,(H,15,16). The van der Waals surface area contributed by atoms with E-state index in [9.17, 15) is 18.0 Å². The van der Waals surface area contributed by atoms with Gasteiger partial charge in [0, 0.05) is 13.5 Å². The van der Waals surface area contributed by atoms with Gasteiger partial charge in [-0.05, 0) is 0 Å². The van der Waals surface area contributed by atoms with Crippen LogP contribution in [0.15, 0.2) is 0 Å². The predicted octanol–water partition coefficient (Wildman–Crippen LogP) is 2.11. The van der Waals surface area contributed by atoms with Gasteiger partial charge in [0.2, 0.25) is 0 Å². The van der Waals surface area contributed by atoms with Crippen LogP contribution in [0.2, 0.25) is 0 Å². The van der Waals surface area contributed by atoms with E-state index in [2.05, 4.69) is 9.72 Å². The number of hydrogen-bond donors (Lipinski definition) is 1. The van der Waals surface area contributed by atoms with E-state index < -0.39 is 18.8 Å². The van der Waals surface area contributed by atoms with Crippen LogP contribution in [0.25, 0.3) is 0 Å². The van der Waals surface area contributed by atoms with Gasteiger partial charge in [0.05, 0.1) is 23.9 Å². The van der Waals surface area contributed by atoms with Gasteiger partial charge in [-0.3, -0.25) is 0 Å². The molecule has 9 heteroatoms. The van der Waals surface area contributed by atoms with Crippen LogP contribution in [0.4, 0.5) is 13.2 Å².